The molecule has 0 bridgehead atoms. The Balaban J connectivity index is 2.01. The number of hydrogen-bond donors (Lipinski definition) is 1. The SMILES string of the molecule is CCCC1CCN(c2nccc(C(N)=S)n2)CC1. The third-order valence-corrected chi connectivity index (χ3v) is 3.70. The van der Waals surface area contributed by atoms with E-state index < -0.39 is 0 Å². The van der Waals surface area contributed by atoms with Crippen molar-refractivity contribution in [2.45, 2.75) is 32.6 Å². The smallest absolute Gasteiger partial charge is 0.225 e. The normalized spacial score (nSPS) is 16.8. The summed E-state index contributed by atoms with van der Waals surface area (Å²) in [5.74, 6) is 1.63. The lowest BCUT2D eigenvalue weighted by Gasteiger charge is -2.31. The molecule has 5 heteroatoms. The van der Waals surface area contributed by atoms with Crippen molar-refractivity contribution < 1.29 is 0 Å². The molecule has 0 aliphatic carbocycles. The van der Waals surface area contributed by atoms with Gasteiger partial charge in [-0.15, -0.1) is 0 Å². The molecule has 0 radical (unpaired) electrons. The van der Waals surface area contributed by atoms with E-state index in [0.29, 0.717) is 10.7 Å². The lowest BCUT2D eigenvalue weighted by atomic mass is 9.93. The summed E-state index contributed by atoms with van der Waals surface area (Å²) in [6.45, 7) is 4.32. The molecule has 0 spiro atoms. The zero-order valence-corrected chi connectivity index (χ0v) is 11.6. The second kappa shape index (κ2) is 6.09. The maximum absolute atomic E-state index is 5.60. The first-order valence-electron chi connectivity index (χ1n) is 6.58. The molecule has 1 aliphatic heterocycles. The lowest BCUT2D eigenvalue weighted by Crippen LogP contribution is -2.35. The summed E-state index contributed by atoms with van der Waals surface area (Å²) in [6, 6.07) is 1.76. The van der Waals surface area contributed by atoms with E-state index in [1.54, 1.807) is 12.3 Å². The molecule has 1 aromatic heterocycles. The van der Waals surface area contributed by atoms with E-state index in [2.05, 4.69) is 21.8 Å². The average molecular weight is 264 g/mol. The molecule has 0 atom stereocenters. The third kappa shape index (κ3) is 3.16. The van der Waals surface area contributed by atoms with Crippen molar-refractivity contribution in [3.63, 3.8) is 0 Å². The predicted octanol–water partition coefficient (Wildman–Crippen LogP) is 2.13. The minimum atomic E-state index is 0.333. The maximum Gasteiger partial charge on any atom is 0.225 e. The largest absolute Gasteiger partial charge is 0.388 e. The number of rotatable bonds is 4. The summed E-state index contributed by atoms with van der Waals surface area (Å²) < 4.78 is 0. The van der Waals surface area contributed by atoms with Gasteiger partial charge in [0.15, 0.2) is 0 Å². The van der Waals surface area contributed by atoms with E-state index in [4.69, 9.17) is 18.0 Å². The van der Waals surface area contributed by atoms with Crippen LogP contribution in [-0.4, -0.2) is 28.0 Å². The molecule has 0 aromatic carbocycles. The van der Waals surface area contributed by atoms with Gasteiger partial charge in [-0.3, -0.25) is 0 Å². The van der Waals surface area contributed by atoms with Gasteiger partial charge in [-0.1, -0.05) is 32.0 Å². The first kappa shape index (κ1) is 13.2. The zero-order valence-electron chi connectivity index (χ0n) is 10.8. The number of hydrogen-bond acceptors (Lipinski definition) is 4. The van der Waals surface area contributed by atoms with Gasteiger partial charge < -0.3 is 10.6 Å². The molecular weight excluding hydrogens is 244 g/mol. The molecule has 1 aromatic rings. The highest BCUT2D eigenvalue weighted by atomic mass is 32.1. The summed E-state index contributed by atoms with van der Waals surface area (Å²) in [7, 11) is 0. The predicted molar refractivity (Wildman–Crippen MR) is 77.8 cm³/mol. The van der Waals surface area contributed by atoms with Crippen LogP contribution in [0.25, 0.3) is 0 Å². The van der Waals surface area contributed by atoms with Crippen LogP contribution in [0.2, 0.25) is 0 Å². The number of aromatic nitrogens is 2. The molecule has 98 valence electrons. The number of piperidine rings is 1. The molecule has 2 rings (SSSR count). The number of thiocarbonyl (C=S) groups is 1. The summed E-state index contributed by atoms with van der Waals surface area (Å²) in [6.07, 6.45) is 6.80. The molecular formula is C13H20N4S. The highest BCUT2D eigenvalue weighted by Crippen LogP contribution is 2.23. The first-order chi connectivity index (χ1) is 8.70. The van der Waals surface area contributed by atoms with Crippen LogP contribution in [0, 0.1) is 5.92 Å². The van der Waals surface area contributed by atoms with Gasteiger partial charge >= 0.3 is 0 Å². The van der Waals surface area contributed by atoms with Gasteiger partial charge in [-0.05, 0) is 24.8 Å². The number of anilines is 1. The van der Waals surface area contributed by atoms with Crippen LogP contribution < -0.4 is 10.6 Å². The highest BCUT2D eigenvalue weighted by molar-refractivity contribution is 7.80. The van der Waals surface area contributed by atoms with Gasteiger partial charge in [-0.25, -0.2) is 9.97 Å². The van der Waals surface area contributed by atoms with E-state index in [1.165, 1.54) is 25.7 Å². The second-order valence-electron chi connectivity index (χ2n) is 4.83. The van der Waals surface area contributed by atoms with E-state index >= 15 is 0 Å². The maximum atomic E-state index is 5.60. The van der Waals surface area contributed by atoms with Crippen LogP contribution in [-0.2, 0) is 0 Å². The van der Waals surface area contributed by atoms with Crippen LogP contribution in [0.4, 0.5) is 5.95 Å². The Bertz CT molecular complexity index is 413. The Morgan fingerprint density at radius 2 is 2.22 bits per heavy atom. The zero-order chi connectivity index (χ0) is 13.0. The van der Waals surface area contributed by atoms with Gasteiger partial charge in [0, 0.05) is 19.3 Å². The Labute approximate surface area is 114 Å². The van der Waals surface area contributed by atoms with Crippen LogP contribution in [0.5, 0.6) is 0 Å². The molecule has 1 fully saturated rings. The van der Waals surface area contributed by atoms with Crippen molar-refractivity contribution in [1.82, 2.24) is 9.97 Å². The van der Waals surface area contributed by atoms with Gasteiger partial charge in [-0.2, -0.15) is 0 Å². The number of nitrogens with two attached hydrogens (primary N) is 1. The standard InChI is InChI=1S/C13H20N4S/c1-2-3-10-5-8-17(9-6-10)13-15-7-4-11(16-13)12(14)18/h4,7,10H,2-3,5-6,8-9H2,1H3,(H2,14,18). The van der Waals surface area contributed by atoms with Crippen molar-refractivity contribution >= 4 is 23.2 Å². The summed E-state index contributed by atoms with van der Waals surface area (Å²) in [5.41, 5.74) is 6.25. The molecule has 4 nitrogen and oxygen atoms in total. The fourth-order valence-corrected chi connectivity index (χ4v) is 2.58. The van der Waals surface area contributed by atoms with Crippen molar-refractivity contribution in [1.29, 1.82) is 0 Å². The molecule has 2 N–H and O–H groups in total. The van der Waals surface area contributed by atoms with Gasteiger partial charge in [0.1, 0.15) is 10.7 Å². The van der Waals surface area contributed by atoms with Gasteiger partial charge in [0.2, 0.25) is 5.95 Å². The Morgan fingerprint density at radius 1 is 1.50 bits per heavy atom. The van der Waals surface area contributed by atoms with Crippen molar-refractivity contribution in [3.8, 4) is 0 Å². The molecule has 18 heavy (non-hydrogen) atoms. The summed E-state index contributed by atoms with van der Waals surface area (Å²) >= 11 is 4.95. The van der Waals surface area contributed by atoms with Crippen molar-refractivity contribution in [2.24, 2.45) is 11.7 Å². The monoisotopic (exact) mass is 264 g/mol. The molecule has 0 amide bonds. The summed E-state index contributed by atoms with van der Waals surface area (Å²) in [4.78, 5) is 11.3. The molecule has 1 saturated heterocycles. The molecule has 2 heterocycles. The Kier molecular flexibility index (Phi) is 4.47. The summed E-state index contributed by atoms with van der Waals surface area (Å²) in [5, 5.41) is 0. The van der Waals surface area contributed by atoms with E-state index in [9.17, 15) is 0 Å². The first-order valence-corrected chi connectivity index (χ1v) is 6.99. The van der Waals surface area contributed by atoms with Crippen LogP contribution >= 0.6 is 12.2 Å². The van der Waals surface area contributed by atoms with Gasteiger partial charge in [0.25, 0.3) is 0 Å². The fourth-order valence-electron chi connectivity index (χ4n) is 2.47. The van der Waals surface area contributed by atoms with Crippen molar-refractivity contribution in [3.05, 3.63) is 18.0 Å². The van der Waals surface area contributed by atoms with Crippen LogP contribution in [0.1, 0.15) is 38.3 Å². The fraction of sp³-hybridized carbons (Fsp3) is 0.615. The van der Waals surface area contributed by atoms with E-state index in [-0.39, 0.29) is 0 Å². The topological polar surface area (TPSA) is 55.0 Å². The van der Waals surface area contributed by atoms with E-state index in [0.717, 1.165) is 25.0 Å². The van der Waals surface area contributed by atoms with Crippen molar-refractivity contribution in [2.75, 3.05) is 18.0 Å². The second-order valence-corrected chi connectivity index (χ2v) is 5.27. The molecule has 0 saturated carbocycles. The minimum Gasteiger partial charge on any atom is -0.388 e. The Hall–Kier alpha value is -1.23. The Morgan fingerprint density at radius 3 is 2.83 bits per heavy atom. The lowest BCUT2D eigenvalue weighted by molar-refractivity contribution is 0.376. The average Bonchev–Trinajstić information content (AvgIpc) is 2.40. The highest BCUT2D eigenvalue weighted by Gasteiger charge is 2.20. The van der Waals surface area contributed by atoms with Crippen LogP contribution in [0.3, 0.4) is 0 Å². The number of nitrogens with zero attached hydrogens (tertiary/aromatic N) is 3. The third-order valence-electron chi connectivity index (χ3n) is 3.49. The van der Waals surface area contributed by atoms with Gasteiger partial charge in [0.05, 0.1) is 0 Å². The molecule has 1 aliphatic rings. The molecule has 0 unspecified atom stereocenters. The van der Waals surface area contributed by atoms with Crippen LogP contribution in [0.15, 0.2) is 12.3 Å². The quantitative estimate of drug-likeness (QED) is 0.844. The minimum absolute atomic E-state index is 0.333. The van der Waals surface area contributed by atoms with E-state index in [1.807, 2.05) is 0 Å².